The van der Waals surface area contributed by atoms with E-state index in [2.05, 4.69) is 4.98 Å². The SMILES string of the molecule is O=C(c1cscn1)N1C[C@H](O)C[C@@H]1c1cc(F)ccc1F. The normalized spacial score (nSPS) is 21.8. The van der Waals surface area contributed by atoms with Crippen LogP contribution < -0.4 is 0 Å². The third-order valence-corrected chi connectivity index (χ3v) is 4.09. The predicted molar refractivity (Wildman–Crippen MR) is 72.9 cm³/mol. The lowest BCUT2D eigenvalue weighted by Gasteiger charge is -2.24. The molecule has 1 saturated heterocycles. The van der Waals surface area contributed by atoms with E-state index < -0.39 is 23.8 Å². The van der Waals surface area contributed by atoms with Gasteiger partial charge < -0.3 is 10.0 Å². The third-order valence-electron chi connectivity index (χ3n) is 3.51. The molecule has 21 heavy (non-hydrogen) atoms. The van der Waals surface area contributed by atoms with Crippen LogP contribution in [-0.4, -0.2) is 33.5 Å². The van der Waals surface area contributed by atoms with E-state index in [1.54, 1.807) is 5.38 Å². The van der Waals surface area contributed by atoms with Gasteiger partial charge in [0.1, 0.15) is 17.3 Å². The lowest BCUT2D eigenvalue weighted by Crippen LogP contribution is -2.32. The molecule has 0 spiro atoms. The summed E-state index contributed by atoms with van der Waals surface area (Å²) in [6, 6.07) is 2.43. The van der Waals surface area contributed by atoms with Crippen molar-refractivity contribution in [2.45, 2.75) is 18.6 Å². The Morgan fingerprint density at radius 3 is 2.95 bits per heavy atom. The number of aromatic nitrogens is 1. The van der Waals surface area contributed by atoms with Crippen LogP contribution in [0.25, 0.3) is 0 Å². The second-order valence-corrected chi connectivity index (χ2v) is 5.62. The minimum Gasteiger partial charge on any atom is -0.391 e. The first-order chi connectivity index (χ1) is 10.1. The van der Waals surface area contributed by atoms with Crippen LogP contribution in [0.4, 0.5) is 8.78 Å². The van der Waals surface area contributed by atoms with Gasteiger partial charge in [-0.15, -0.1) is 11.3 Å². The highest BCUT2D eigenvalue weighted by Crippen LogP contribution is 2.35. The van der Waals surface area contributed by atoms with Crippen molar-refractivity contribution in [3.05, 3.63) is 52.0 Å². The van der Waals surface area contributed by atoms with Gasteiger partial charge in [-0.25, -0.2) is 13.8 Å². The molecule has 0 saturated carbocycles. The fourth-order valence-corrected chi connectivity index (χ4v) is 3.09. The first-order valence-corrected chi connectivity index (χ1v) is 7.32. The van der Waals surface area contributed by atoms with Crippen LogP contribution >= 0.6 is 11.3 Å². The zero-order valence-corrected chi connectivity index (χ0v) is 11.7. The molecule has 1 aromatic heterocycles. The number of hydrogen-bond acceptors (Lipinski definition) is 4. The Morgan fingerprint density at radius 2 is 2.24 bits per heavy atom. The molecule has 2 atom stereocenters. The average molecular weight is 310 g/mol. The highest BCUT2D eigenvalue weighted by atomic mass is 32.1. The maximum atomic E-state index is 13.9. The van der Waals surface area contributed by atoms with Gasteiger partial charge in [0.25, 0.3) is 5.91 Å². The van der Waals surface area contributed by atoms with Crippen LogP contribution in [-0.2, 0) is 0 Å². The van der Waals surface area contributed by atoms with Crippen molar-refractivity contribution in [3.63, 3.8) is 0 Å². The maximum Gasteiger partial charge on any atom is 0.273 e. The maximum absolute atomic E-state index is 13.9. The molecule has 0 unspecified atom stereocenters. The molecule has 110 valence electrons. The first-order valence-electron chi connectivity index (χ1n) is 6.38. The number of carbonyl (C=O) groups excluding carboxylic acids is 1. The van der Waals surface area contributed by atoms with E-state index in [0.29, 0.717) is 0 Å². The van der Waals surface area contributed by atoms with Gasteiger partial charge in [-0.1, -0.05) is 0 Å². The number of aliphatic hydroxyl groups is 1. The van der Waals surface area contributed by atoms with Gasteiger partial charge in [0, 0.05) is 17.5 Å². The van der Waals surface area contributed by atoms with Crippen molar-refractivity contribution in [1.29, 1.82) is 0 Å². The minimum absolute atomic E-state index is 0.0788. The summed E-state index contributed by atoms with van der Waals surface area (Å²) in [5.74, 6) is -1.55. The number of thiazole rings is 1. The molecular formula is C14H12F2N2O2S. The second-order valence-electron chi connectivity index (χ2n) is 4.90. The Hall–Kier alpha value is -1.86. The van der Waals surface area contributed by atoms with Gasteiger partial charge in [0.15, 0.2) is 0 Å². The summed E-state index contributed by atoms with van der Waals surface area (Å²) in [6.45, 7) is 0.0803. The highest BCUT2D eigenvalue weighted by molar-refractivity contribution is 7.07. The molecule has 1 aromatic carbocycles. The number of carbonyl (C=O) groups is 1. The first kappa shape index (κ1) is 14.1. The fourth-order valence-electron chi connectivity index (χ4n) is 2.57. The number of amides is 1. The molecule has 1 aliphatic heterocycles. The van der Waals surface area contributed by atoms with Crippen LogP contribution in [0, 0.1) is 11.6 Å². The molecule has 1 N–H and O–H groups in total. The average Bonchev–Trinajstić information content (AvgIpc) is 3.10. The van der Waals surface area contributed by atoms with E-state index in [-0.39, 0.29) is 30.1 Å². The van der Waals surface area contributed by atoms with Crippen molar-refractivity contribution in [1.82, 2.24) is 9.88 Å². The summed E-state index contributed by atoms with van der Waals surface area (Å²) in [5.41, 5.74) is 1.85. The lowest BCUT2D eigenvalue weighted by molar-refractivity contribution is 0.0708. The van der Waals surface area contributed by atoms with E-state index >= 15 is 0 Å². The number of likely N-dealkylation sites (tertiary alicyclic amines) is 1. The molecule has 4 nitrogen and oxygen atoms in total. The highest BCUT2D eigenvalue weighted by Gasteiger charge is 2.37. The van der Waals surface area contributed by atoms with Crippen LogP contribution in [0.15, 0.2) is 29.1 Å². The van der Waals surface area contributed by atoms with E-state index in [1.807, 2.05) is 0 Å². The smallest absolute Gasteiger partial charge is 0.273 e. The zero-order chi connectivity index (χ0) is 15.0. The summed E-state index contributed by atoms with van der Waals surface area (Å²) in [4.78, 5) is 17.7. The molecule has 7 heteroatoms. The topological polar surface area (TPSA) is 53.4 Å². The van der Waals surface area contributed by atoms with E-state index in [1.165, 1.54) is 21.7 Å². The van der Waals surface area contributed by atoms with Crippen molar-refractivity contribution in [3.8, 4) is 0 Å². The Labute approximate surface area is 123 Å². The van der Waals surface area contributed by atoms with Crippen LogP contribution in [0.2, 0.25) is 0 Å². The minimum atomic E-state index is -0.764. The number of benzene rings is 1. The van der Waals surface area contributed by atoms with E-state index in [0.717, 1.165) is 18.2 Å². The summed E-state index contributed by atoms with van der Waals surface area (Å²) >= 11 is 1.27. The van der Waals surface area contributed by atoms with Gasteiger partial charge >= 0.3 is 0 Å². The second kappa shape index (κ2) is 5.50. The summed E-state index contributed by atoms with van der Waals surface area (Å²) in [6.07, 6.45) is -0.587. The van der Waals surface area contributed by atoms with Crippen molar-refractivity contribution >= 4 is 17.2 Å². The molecule has 0 radical (unpaired) electrons. The van der Waals surface area contributed by atoms with Gasteiger partial charge in [-0.2, -0.15) is 0 Å². The largest absolute Gasteiger partial charge is 0.391 e. The number of aliphatic hydroxyl groups excluding tert-OH is 1. The molecule has 2 aromatic rings. The lowest BCUT2D eigenvalue weighted by atomic mass is 10.0. The molecule has 1 aliphatic rings. The van der Waals surface area contributed by atoms with Crippen LogP contribution in [0.5, 0.6) is 0 Å². The molecule has 3 rings (SSSR count). The monoisotopic (exact) mass is 310 g/mol. The number of hydrogen-bond donors (Lipinski definition) is 1. The van der Waals surface area contributed by atoms with Crippen molar-refractivity contribution < 1.29 is 18.7 Å². The Bertz CT molecular complexity index is 663. The number of rotatable bonds is 2. The van der Waals surface area contributed by atoms with Gasteiger partial charge in [-0.05, 0) is 24.6 Å². The Morgan fingerprint density at radius 1 is 1.43 bits per heavy atom. The zero-order valence-electron chi connectivity index (χ0n) is 10.9. The standard InChI is InChI=1S/C14H12F2N2O2S/c15-8-1-2-11(16)10(3-8)13-4-9(19)5-18(13)14(20)12-6-21-7-17-12/h1-3,6-7,9,13,19H,4-5H2/t9-,13-/m1/s1. The summed E-state index contributed by atoms with van der Waals surface area (Å²) in [7, 11) is 0. The van der Waals surface area contributed by atoms with Gasteiger partial charge in [0.2, 0.25) is 0 Å². The quantitative estimate of drug-likeness (QED) is 0.926. The molecule has 1 fully saturated rings. The molecular weight excluding hydrogens is 298 g/mol. The summed E-state index contributed by atoms with van der Waals surface area (Å²) in [5, 5.41) is 11.4. The van der Waals surface area contributed by atoms with E-state index in [9.17, 15) is 18.7 Å². The summed E-state index contributed by atoms with van der Waals surface area (Å²) < 4.78 is 27.3. The molecule has 2 heterocycles. The Kier molecular flexibility index (Phi) is 3.69. The Balaban J connectivity index is 1.96. The predicted octanol–water partition coefficient (Wildman–Crippen LogP) is 2.37. The van der Waals surface area contributed by atoms with Crippen molar-refractivity contribution in [2.75, 3.05) is 6.54 Å². The molecule has 0 bridgehead atoms. The molecule has 0 aliphatic carbocycles. The van der Waals surface area contributed by atoms with Gasteiger partial charge in [0.05, 0.1) is 17.7 Å². The fraction of sp³-hybridized carbons (Fsp3) is 0.286. The van der Waals surface area contributed by atoms with Crippen molar-refractivity contribution in [2.24, 2.45) is 0 Å². The van der Waals surface area contributed by atoms with Crippen LogP contribution in [0.1, 0.15) is 28.5 Å². The number of β-amino-alcohol motifs (C(OH)–C–C–N with tert-alkyl or cyclic N) is 1. The molecule has 1 amide bonds. The van der Waals surface area contributed by atoms with E-state index in [4.69, 9.17) is 0 Å². The third kappa shape index (κ3) is 2.66. The van der Waals surface area contributed by atoms with Gasteiger partial charge in [-0.3, -0.25) is 4.79 Å². The van der Waals surface area contributed by atoms with Crippen LogP contribution in [0.3, 0.4) is 0 Å². The number of nitrogens with zero attached hydrogens (tertiary/aromatic N) is 2. The number of halogens is 2.